The Bertz CT molecular complexity index is 502. The molecular weight excluding hydrogens is 305 g/mol. The summed E-state index contributed by atoms with van der Waals surface area (Å²) in [6.07, 6.45) is 0. The molecule has 0 heterocycles. The SMILES string of the molecule is CN(C(=O)c1ccc(F)c(Br)c1)C(C)(C)C(=O)O. The predicted molar refractivity (Wildman–Crippen MR) is 67.9 cm³/mol. The maximum Gasteiger partial charge on any atom is 0.329 e. The van der Waals surface area contributed by atoms with Crippen molar-refractivity contribution in [2.45, 2.75) is 19.4 Å². The number of benzene rings is 1. The number of aliphatic carboxylic acids is 1. The highest BCUT2D eigenvalue weighted by Gasteiger charge is 2.35. The lowest BCUT2D eigenvalue weighted by Gasteiger charge is -2.31. The van der Waals surface area contributed by atoms with E-state index in [-0.39, 0.29) is 10.0 Å². The Balaban J connectivity index is 3.07. The first-order valence-electron chi connectivity index (χ1n) is 5.14. The van der Waals surface area contributed by atoms with E-state index >= 15 is 0 Å². The third-order valence-electron chi connectivity index (χ3n) is 2.83. The average Bonchev–Trinajstić information content (AvgIpc) is 2.30. The molecular formula is C12H13BrFNO3. The fraction of sp³-hybridized carbons (Fsp3) is 0.333. The summed E-state index contributed by atoms with van der Waals surface area (Å²) in [6, 6.07) is 3.79. The van der Waals surface area contributed by atoms with Gasteiger partial charge in [0, 0.05) is 12.6 Å². The molecule has 1 rings (SSSR count). The van der Waals surface area contributed by atoms with Gasteiger partial charge in [0.1, 0.15) is 11.4 Å². The molecule has 0 unspecified atom stereocenters. The lowest BCUT2D eigenvalue weighted by atomic mass is 10.0. The smallest absolute Gasteiger partial charge is 0.329 e. The van der Waals surface area contributed by atoms with Crippen LogP contribution < -0.4 is 0 Å². The van der Waals surface area contributed by atoms with E-state index in [0.717, 1.165) is 11.0 Å². The molecule has 1 N–H and O–H groups in total. The van der Waals surface area contributed by atoms with Gasteiger partial charge in [-0.2, -0.15) is 0 Å². The molecule has 0 aliphatic carbocycles. The van der Waals surface area contributed by atoms with Crippen molar-refractivity contribution in [2.24, 2.45) is 0 Å². The topological polar surface area (TPSA) is 57.6 Å². The molecule has 0 aliphatic heterocycles. The van der Waals surface area contributed by atoms with Gasteiger partial charge in [-0.05, 0) is 48.0 Å². The van der Waals surface area contributed by atoms with Crippen molar-refractivity contribution in [2.75, 3.05) is 7.05 Å². The molecule has 0 aromatic heterocycles. The monoisotopic (exact) mass is 317 g/mol. The summed E-state index contributed by atoms with van der Waals surface area (Å²) in [5, 5.41) is 9.04. The Morgan fingerprint density at radius 3 is 2.39 bits per heavy atom. The number of rotatable bonds is 3. The molecule has 0 atom stereocenters. The van der Waals surface area contributed by atoms with Gasteiger partial charge >= 0.3 is 5.97 Å². The molecule has 0 radical (unpaired) electrons. The van der Waals surface area contributed by atoms with Gasteiger partial charge in [0.15, 0.2) is 0 Å². The van der Waals surface area contributed by atoms with Crippen LogP contribution in [-0.4, -0.2) is 34.5 Å². The number of carboxylic acids is 1. The van der Waals surface area contributed by atoms with Crippen LogP contribution in [0.1, 0.15) is 24.2 Å². The molecule has 1 aromatic rings. The van der Waals surface area contributed by atoms with E-state index in [1.165, 1.54) is 33.0 Å². The molecule has 0 spiro atoms. The highest BCUT2D eigenvalue weighted by atomic mass is 79.9. The minimum Gasteiger partial charge on any atom is -0.480 e. The zero-order valence-corrected chi connectivity index (χ0v) is 11.8. The highest BCUT2D eigenvalue weighted by molar-refractivity contribution is 9.10. The zero-order chi connectivity index (χ0) is 14.1. The minimum atomic E-state index is -1.34. The second-order valence-corrected chi connectivity index (χ2v) is 5.21. The van der Waals surface area contributed by atoms with Gasteiger partial charge in [-0.3, -0.25) is 4.79 Å². The highest BCUT2D eigenvalue weighted by Crippen LogP contribution is 2.20. The first-order chi connectivity index (χ1) is 8.17. The van der Waals surface area contributed by atoms with Crippen molar-refractivity contribution in [3.63, 3.8) is 0 Å². The molecule has 0 aliphatic rings. The largest absolute Gasteiger partial charge is 0.480 e. The van der Waals surface area contributed by atoms with E-state index in [4.69, 9.17) is 5.11 Å². The fourth-order valence-electron chi connectivity index (χ4n) is 1.22. The molecule has 18 heavy (non-hydrogen) atoms. The molecule has 0 fully saturated rings. The lowest BCUT2D eigenvalue weighted by Crippen LogP contribution is -2.50. The number of hydrogen-bond acceptors (Lipinski definition) is 2. The predicted octanol–water partition coefficient (Wildman–Crippen LogP) is 2.52. The normalized spacial score (nSPS) is 11.2. The molecule has 6 heteroatoms. The van der Waals surface area contributed by atoms with E-state index in [9.17, 15) is 14.0 Å². The lowest BCUT2D eigenvalue weighted by molar-refractivity contribution is -0.147. The Kier molecular flexibility index (Phi) is 4.11. The van der Waals surface area contributed by atoms with E-state index < -0.39 is 23.2 Å². The van der Waals surface area contributed by atoms with Crippen LogP contribution in [0.2, 0.25) is 0 Å². The molecule has 1 aromatic carbocycles. The summed E-state index contributed by atoms with van der Waals surface area (Å²) in [5.74, 6) is -2.07. The number of halogens is 2. The van der Waals surface area contributed by atoms with E-state index in [1.54, 1.807) is 0 Å². The van der Waals surface area contributed by atoms with E-state index in [2.05, 4.69) is 15.9 Å². The van der Waals surface area contributed by atoms with Crippen molar-refractivity contribution in [3.8, 4) is 0 Å². The van der Waals surface area contributed by atoms with Crippen molar-refractivity contribution < 1.29 is 19.1 Å². The van der Waals surface area contributed by atoms with Crippen molar-refractivity contribution in [1.29, 1.82) is 0 Å². The zero-order valence-electron chi connectivity index (χ0n) is 10.2. The van der Waals surface area contributed by atoms with Crippen LogP contribution >= 0.6 is 15.9 Å². The number of amides is 1. The number of carbonyl (C=O) groups excluding carboxylic acids is 1. The summed E-state index contributed by atoms with van der Waals surface area (Å²) in [6.45, 7) is 2.84. The third-order valence-corrected chi connectivity index (χ3v) is 3.44. The Morgan fingerprint density at radius 2 is 1.94 bits per heavy atom. The summed E-state index contributed by atoms with van der Waals surface area (Å²) >= 11 is 2.98. The molecule has 0 bridgehead atoms. The molecule has 98 valence electrons. The van der Waals surface area contributed by atoms with E-state index in [0.29, 0.717) is 0 Å². The first-order valence-corrected chi connectivity index (χ1v) is 5.94. The molecule has 4 nitrogen and oxygen atoms in total. The Hall–Kier alpha value is -1.43. The van der Waals surface area contributed by atoms with Crippen LogP contribution in [0.25, 0.3) is 0 Å². The summed E-state index contributed by atoms with van der Waals surface area (Å²) < 4.78 is 13.2. The van der Waals surface area contributed by atoms with Gasteiger partial charge in [-0.25, -0.2) is 9.18 Å². The Labute approximate surface area is 113 Å². The Morgan fingerprint density at radius 1 is 1.39 bits per heavy atom. The van der Waals surface area contributed by atoms with Gasteiger partial charge in [0.2, 0.25) is 0 Å². The maximum atomic E-state index is 13.1. The second-order valence-electron chi connectivity index (χ2n) is 4.36. The summed E-state index contributed by atoms with van der Waals surface area (Å²) in [5.41, 5.74) is -1.11. The molecule has 0 saturated carbocycles. The second kappa shape index (κ2) is 5.06. The number of carbonyl (C=O) groups is 2. The van der Waals surface area contributed by atoms with Crippen LogP contribution in [-0.2, 0) is 4.79 Å². The quantitative estimate of drug-likeness (QED) is 0.932. The summed E-state index contributed by atoms with van der Waals surface area (Å²) in [7, 11) is 1.40. The van der Waals surface area contributed by atoms with Crippen molar-refractivity contribution in [3.05, 3.63) is 34.1 Å². The number of nitrogens with zero attached hydrogens (tertiary/aromatic N) is 1. The van der Waals surface area contributed by atoms with Crippen LogP contribution in [0.4, 0.5) is 4.39 Å². The van der Waals surface area contributed by atoms with Crippen LogP contribution in [0.5, 0.6) is 0 Å². The number of carboxylic acid groups (broad SMARTS) is 1. The van der Waals surface area contributed by atoms with Crippen molar-refractivity contribution in [1.82, 2.24) is 4.90 Å². The molecule has 1 amide bonds. The van der Waals surface area contributed by atoms with E-state index in [1.807, 2.05) is 0 Å². The summed E-state index contributed by atoms with van der Waals surface area (Å²) in [4.78, 5) is 24.2. The standard InChI is InChI=1S/C12H13BrFNO3/c1-12(2,11(17)18)15(3)10(16)7-4-5-9(14)8(13)6-7/h4-6H,1-3H3,(H,17,18). The number of likely N-dealkylation sites (N-methyl/N-ethyl adjacent to an activating group) is 1. The average molecular weight is 318 g/mol. The first kappa shape index (κ1) is 14.6. The van der Waals surface area contributed by atoms with Gasteiger partial charge in [-0.1, -0.05) is 0 Å². The van der Waals surface area contributed by atoms with Gasteiger partial charge < -0.3 is 10.0 Å². The van der Waals surface area contributed by atoms with Gasteiger partial charge in [-0.15, -0.1) is 0 Å². The van der Waals surface area contributed by atoms with Crippen molar-refractivity contribution >= 4 is 27.8 Å². The third kappa shape index (κ3) is 2.69. The minimum absolute atomic E-state index is 0.162. The van der Waals surface area contributed by atoms with Crippen LogP contribution in [0, 0.1) is 5.82 Å². The van der Waals surface area contributed by atoms with Crippen LogP contribution in [0.15, 0.2) is 22.7 Å². The van der Waals surface area contributed by atoms with Gasteiger partial charge in [0.05, 0.1) is 4.47 Å². The fourth-order valence-corrected chi connectivity index (χ4v) is 1.60. The van der Waals surface area contributed by atoms with Gasteiger partial charge in [0.25, 0.3) is 5.91 Å². The molecule has 0 saturated heterocycles. The van der Waals surface area contributed by atoms with Crippen LogP contribution in [0.3, 0.4) is 0 Å². The number of hydrogen-bond donors (Lipinski definition) is 1. The maximum absolute atomic E-state index is 13.1.